The summed E-state index contributed by atoms with van der Waals surface area (Å²) >= 11 is 0. The SMILES string of the molecule is CC(C)c1cccc(OCCC(N)C(F)(F)F)c1C(C)(C)C. The van der Waals surface area contributed by atoms with Crippen molar-refractivity contribution in [3.05, 3.63) is 29.3 Å². The number of hydrogen-bond acceptors (Lipinski definition) is 2. The Labute approximate surface area is 130 Å². The van der Waals surface area contributed by atoms with Crippen LogP contribution in [0.5, 0.6) is 5.75 Å². The van der Waals surface area contributed by atoms with Crippen molar-refractivity contribution in [3.8, 4) is 5.75 Å². The fourth-order valence-electron chi connectivity index (χ4n) is 2.41. The molecule has 2 N–H and O–H groups in total. The van der Waals surface area contributed by atoms with E-state index in [0.29, 0.717) is 11.7 Å². The highest BCUT2D eigenvalue weighted by Crippen LogP contribution is 2.37. The van der Waals surface area contributed by atoms with Crippen molar-refractivity contribution in [2.75, 3.05) is 6.61 Å². The van der Waals surface area contributed by atoms with E-state index in [1.165, 1.54) is 0 Å². The van der Waals surface area contributed by atoms with Crippen LogP contribution in [0.4, 0.5) is 13.2 Å². The molecular weight excluding hydrogens is 291 g/mol. The molecule has 0 aliphatic rings. The molecule has 22 heavy (non-hydrogen) atoms. The van der Waals surface area contributed by atoms with E-state index in [0.717, 1.165) is 11.1 Å². The van der Waals surface area contributed by atoms with E-state index < -0.39 is 12.2 Å². The van der Waals surface area contributed by atoms with E-state index in [2.05, 4.69) is 34.6 Å². The predicted molar refractivity (Wildman–Crippen MR) is 83.4 cm³/mol. The van der Waals surface area contributed by atoms with Crippen LogP contribution in [0, 0.1) is 0 Å². The topological polar surface area (TPSA) is 35.2 Å². The van der Waals surface area contributed by atoms with Gasteiger partial charge in [0.05, 0.1) is 6.61 Å². The van der Waals surface area contributed by atoms with E-state index in [-0.39, 0.29) is 18.4 Å². The monoisotopic (exact) mass is 317 g/mol. The number of halogens is 3. The third-order valence-electron chi connectivity index (χ3n) is 3.54. The van der Waals surface area contributed by atoms with E-state index in [1.54, 1.807) is 0 Å². The minimum atomic E-state index is -4.38. The summed E-state index contributed by atoms with van der Waals surface area (Å²) in [5.41, 5.74) is 7.17. The van der Waals surface area contributed by atoms with Crippen LogP contribution in [0.15, 0.2) is 18.2 Å². The molecule has 1 aromatic carbocycles. The molecule has 0 heterocycles. The molecule has 0 fully saturated rings. The van der Waals surface area contributed by atoms with Gasteiger partial charge in [0.15, 0.2) is 0 Å². The molecule has 1 aromatic rings. The third kappa shape index (κ3) is 4.90. The van der Waals surface area contributed by atoms with Gasteiger partial charge in [0.25, 0.3) is 0 Å². The van der Waals surface area contributed by atoms with Crippen molar-refractivity contribution < 1.29 is 17.9 Å². The van der Waals surface area contributed by atoms with Crippen LogP contribution in [-0.2, 0) is 5.41 Å². The molecule has 126 valence electrons. The van der Waals surface area contributed by atoms with Crippen LogP contribution >= 0.6 is 0 Å². The molecule has 1 atom stereocenters. The Balaban J connectivity index is 2.94. The van der Waals surface area contributed by atoms with Crippen molar-refractivity contribution in [3.63, 3.8) is 0 Å². The van der Waals surface area contributed by atoms with Gasteiger partial charge in [0.2, 0.25) is 0 Å². The Bertz CT molecular complexity index is 490. The van der Waals surface area contributed by atoms with Gasteiger partial charge in [-0.25, -0.2) is 0 Å². The van der Waals surface area contributed by atoms with Gasteiger partial charge in [-0.3, -0.25) is 0 Å². The van der Waals surface area contributed by atoms with E-state index in [4.69, 9.17) is 10.5 Å². The smallest absolute Gasteiger partial charge is 0.403 e. The average Bonchev–Trinajstić information content (AvgIpc) is 2.35. The Morgan fingerprint density at radius 1 is 1.14 bits per heavy atom. The van der Waals surface area contributed by atoms with Crippen LogP contribution in [0.3, 0.4) is 0 Å². The van der Waals surface area contributed by atoms with Gasteiger partial charge in [0.1, 0.15) is 11.8 Å². The summed E-state index contributed by atoms with van der Waals surface area (Å²) < 4.78 is 42.9. The molecule has 0 bridgehead atoms. The van der Waals surface area contributed by atoms with Crippen LogP contribution in [0.1, 0.15) is 58.1 Å². The van der Waals surface area contributed by atoms with Crippen LogP contribution in [0.25, 0.3) is 0 Å². The first-order chi connectivity index (χ1) is 9.94. The van der Waals surface area contributed by atoms with Crippen LogP contribution < -0.4 is 10.5 Å². The van der Waals surface area contributed by atoms with Gasteiger partial charge in [-0.05, 0) is 23.0 Å². The second kappa shape index (κ2) is 6.90. The fraction of sp³-hybridized carbons (Fsp3) is 0.647. The Hall–Kier alpha value is -1.23. The van der Waals surface area contributed by atoms with Gasteiger partial charge in [-0.15, -0.1) is 0 Å². The maximum Gasteiger partial charge on any atom is 0.403 e. The molecule has 0 aliphatic carbocycles. The molecule has 0 saturated carbocycles. The maximum atomic E-state index is 12.4. The number of nitrogens with two attached hydrogens (primary N) is 1. The normalized spacial score (nSPS) is 14.3. The van der Waals surface area contributed by atoms with Crippen molar-refractivity contribution in [1.29, 1.82) is 0 Å². The molecule has 5 heteroatoms. The van der Waals surface area contributed by atoms with Gasteiger partial charge in [-0.1, -0.05) is 46.8 Å². The lowest BCUT2D eigenvalue weighted by molar-refractivity contribution is -0.150. The summed E-state index contributed by atoms with van der Waals surface area (Å²) in [7, 11) is 0. The second-order valence-electron chi connectivity index (χ2n) is 6.91. The average molecular weight is 317 g/mol. The van der Waals surface area contributed by atoms with Gasteiger partial charge in [0, 0.05) is 12.0 Å². The zero-order valence-corrected chi connectivity index (χ0v) is 13.9. The minimum absolute atomic E-state index is 0.0503. The van der Waals surface area contributed by atoms with Crippen LogP contribution in [0.2, 0.25) is 0 Å². The lowest BCUT2D eigenvalue weighted by atomic mass is 9.80. The molecule has 2 nitrogen and oxygen atoms in total. The largest absolute Gasteiger partial charge is 0.493 e. The quantitative estimate of drug-likeness (QED) is 0.849. The predicted octanol–water partition coefficient (Wildman–Crippen LogP) is 4.77. The molecule has 1 rings (SSSR count). The number of ether oxygens (including phenoxy) is 1. The summed E-state index contributed by atoms with van der Waals surface area (Å²) in [5, 5.41) is 0. The Morgan fingerprint density at radius 3 is 2.18 bits per heavy atom. The first-order valence-electron chi connectivity index (χ1n) is 7.53. The third-order valence-corrected chi connectivity index (χ3v) is 3.54. The van der Waals surface area contributed by atoms with Crippen molar-refractivity contribution in [1.82, 2.24) is 0 Å². The zero-order chi connectivity index (χ0) is 17.1. The lowest BCUT2D eigenvalue weighted by Crippen LogP contribution is -2.38. The van der Waals surface area contributed by atoms with Crippen LogP contribution in [-0.4, -0.2) is 18.8 Å². The molecule has 0 aliphatic heterocycles. The van der Waals surface area contributed by atoms with E-state index in [1.807, 2.05) is 18.2 Å². The number of hydrogen-bond donors (Lipinski definition) is 1. The van der Waals surface area contributed by atoms with Gasteiger partial charge >= 0.3 is 6.18 Å². The first kappa shape index (κ1) is 18.8. The summed E-state index contributed by atoms with van der Waals surface area (Å²) in [5.74, 6) is 0.961. The van der Waals surface area contributed by atoms with Crippen molar-refractivity contribution in [2.45, 2.75) is 64.6 Å². The molecule has 0 spiro atoms. The van der Waals surface area contributed by atoms with Crippen molar-refractivity contribution in [2.24, 2.45) is 5.73 Å². The Kier molecular flexibility index (Phi) is 5.90. The molecule has 0 aromatic heterocycles. The standard InChI is InChI=1S/C17H26F3NO/c1-11(2)12-7-6-8-13(15(12)16(3,4)5)22-10-9-14(21)17(18,19)20/h6-8,11,14H,9-10,21H2,1-5H3. The summed E-state index contributed by atoms with van der Waals surface area (Å²) in [6.07, 6.45) is -4.63. The highest BCUT2D eigenvalue weighted by molar-refractivity contribution is 5.46. The molecule has 0 saturated heterocycles. The fourth-order valence-corrected chi connectivity index (χ4v) is 2.41. The first-order valence-corrected chi connectivity index (χ1v) is 7.53. The summed E-state index contributed by atoms with van der Waals surface area (Å²) in [6.45, 7) is 10.3. The highest BCUT2D eigenvalue weighted by atomic mass is 19.4. The second-order valence-corrected chi connectivity index (χ2v) is 6.91. The van der Waals surface area contributed by atoms with E-state index >= 15 is 0 Å². The summed E-state index contributed by atoms with van der Waals surface area (Å²) in [6, 6.07) is 3.88. The lowest BCUT2D eigenvalue weighted by Gasteiger charge is -2.28. The van der Waals surface area contributed by atoms with Gasteiger partial charge in [-0.2, -0.15) is 13.2 Å². The molecule has 1 unspecified atom stereocenters. The number of rotatable bonds is 5. The van der Waals surface area contributed by atoms with E-state index in [9.17, 15) is 13.2 Å². The van der Waals surface area contributed by atoms with Crippen molar-refractivity contribution >= 4 is 0 Å². The molecular formula is C17H26F3NO. The molecule has 0 amide bonds. The summed E-state index contributed by atoms with van der Waals surface area (Å²) in [4.78, 5) is 0. The number of alkyl halides is 3. The number of benzene rings is 1. The molecule has 0 radical (unpaired) electrons. The minimum Gasteiger partial charge on any atom is -0.493 e. The Morgan fingerprint density at radius 2 is 1.73 bits per heavy atom. The highest BCUT2D eigenvalue weighted by Gasteiger charge is 2.36. The zero-order valence-electron chi connectivity index (χ0n) is 13.9. The maximum absolute atomic E-state index is 12.4. The van der Waals surface area contributed by atoms with Gasteiger partial charge < -0.3 is 10.5 Å².